The number of rotatable bonds is 5. The number of carbonyl (C=O) groups is 3. The van der Waals surface area contributed by atoms with E-state index in [1.165, 1.54) is 36.1 Å². The van der Waals surface area contributed by atoms with Crippen molar-refractivity contribution in [3.05, 3.63) is 23.8 Å². The lowest BCUT2D eigenvalue weighted by Gasteiger charge is -2.26. The number of hydrogen-bond acceptors (Lipinski definition) is 7. The first-order valence-electron chi connectivity index (χ1n) is 8.23. The Hall–Kier alpha value is -2.97. The molecule has 0 atom stereocenters. The molecule has 0 radical (unpaired) electrons. The van der Waals surface area contributed by atoms with Gasteiger partial charge in [-0.3, -0.25) is 0 Å². The van der Waals surface area contributed by atoms with Gasteiger partial charge in [0.2, 0.25) is 0 Å². The maximum absolute atomic E-state index is 12.1. The van der Waals surface area contributed by atoms with Gasteiger partial charge in [0, 0.05) is 33.3 Å². The summed E-state index contributed by atoms with van der Waals surface area (Å²) >= 11 is 0. The first-order valence-corrected chi connectivity index (χ1v) is 8.23. The molecule has 9 heteroatoms. The monoisotopic (exact) mass is 382 g/mol. The van der Waals surface area contributed by atoms with Gasteiger partial charge in [-0.25, -0.2) is 14.4 Å². The molecule has 0 bridgehead atoms. The Bertz CT molecular complexity index is 697. The minimum absolute atomic E-state index is 0.0374. The Morgan fingerprint density at radius 1 is 1.04 bits per heavy atom. The fourth-order valence-corrected chi connectivity index (χ4v) is 1.86. The fourth-order valence-electron chi connectivity index (χ4n) is 1.86. The lowest BCUT2D eigenvalue weighted by atomic mass is 10.2. The van der Waals surface area contributed by atoms with E-state index < -0.39 is 23.8 Å². The molecule has 0 saturated carbocycles. The van der Waals surface area contributed by atoms with E-state index in [2.05, 4.69) is 4.74 Å². The van der Waals surface area contributed by atoms with Crippen molar-refractivity contribution < 1.29 is 33.7 Å². The third-order valence-corrected chi connectivity index (χ3v) is 3.37. The minimum atomic E-state index is -0.701. The zero-order valence-electron chi connectivity index (χ0n) is 16.4. The number of esters is 1. The Morgan fingerprint density at radius 3 is 2.07 bits per heavy atom. The summed E-state index contributed by atoms with van der Waals surface area (Å²) in [4.78, 5) is 38.0. The number of aromatic hydroxyl groups is 1. The van der Waals surface area contributed by atoms with E-state index in [9.17, 15) is 19.5 Å². The normalized spacial score (nSPS) is 10.7. The molecular weight excluding hydrogens is 356 g/mol. The van der Waals surface area contributed by atoms with Crippen LogP contribution in [0, 0.1) is 0 Å². The number of hydrogen-bond donors (Lipinski definition) is 1. The van der Waals surface area contributed by atoms with Crippen molar-refractivity contribution in [1.29, 1.82) is 0 Å². The summed E-state index contributed by atoms with van der Waals surface area (Å²) in [6.07, 6.45) is -1.18. The molecule has 0 aliphatic carbocycles. The summed E-state index contributed by atoms with van der Waals surface area (Å²) in [5.74, 6) is -0.996. The standard InChI is InChI=1S/C18H26N2O7/c1-18(2,3)27-17(24)20(5)10-9-19(4)16(23)26-12-7-8-13(14(21)11-12)15(22)25-6/h7-8,11,21H,9-10H2,1-6H3. The van der Waals surface area contributed by atoms with Crippen molar-refractivity contribution in [2.75, 3.05) is 34.3 Å². The number of methoxy groups -OCH3 is 1. The van der Waals surface area contributed by atoms with Gasteiger partial charge in [0.25, 0.3) is 0 Å². The van der Waals surface area contributed by atoms with Crippen LogP contribution >= 0.6 is 0 Å². The van der Waals surface area contributed by atoms with Gasteiger partial charge in [0.05, 0.1) is 7.11 Å². The van der Waals surface area contributed by atoms with Gasteiger partial charge >= 0.3 is 18.2 Å². The lowest BCUT2D eigenvalue weighted by Crippen LogP contribution is -2.40. The van der Waals surface area contributed by atoms with Crippen LogP contribution in [-0.2, 0) is 9.47 Å². The van der Waals surface area contributed by atoms with Gasteiger partial charge in [-0.1, -0.05) is 0 Å². The van der Waals surface area contributed by atoms with Gasteiger partial charge in [-0.15, -0.1) is 0 Å². The van der Waals surface area contributed by atoms with Crippen LogP contribution in [-0.4, -0.2) is 73.0 Å². The molecule has 1 aromatic carbocycles. The molecule has 9 nitrogen and oxygen atoms in total. The number of ether oxygens (including phenoxy) is 3. The van der Waals surface area contributed by atoms with Crippen molar-refractivity contribution in [2.45, 2.75) is 26.4 Å². The highest BCUT2D eigenvalue weighted by Crippen LogP contribution is 2.24. The maximum atomic E-state index is 12.1. The number of benzene rings is 1. The van der Waals surface area contributed by atoms with Crippen LogP contribution in [0.4, 0.5) is 9.59 Å². The summed E-state index contributed by atoms with van der Waals surface area (Å²) in [5.41, 5.74) is -0.640. The van der Waals surface area contributed by atoms with Crippen molar-refractivity contribution >= 4 is 18.2 Å². The van der Waals surface area contributed by atoms with Gasteiger partial charge in [0.15, 0.2) is 0 Å². The zero-order valence-corrected chi connectivity index (χ0v) is 16.4. The maximum Gasteiger partial charge on any atom is 0.415 e. The van der Waals surface area contributed by atoms with E-state index in [0.717, 1.165) is 6.07 Å². The van der Waals surface area contributed by atoms with Gasteiger partial charge in [-0.2, -0.15) is 0 Å². The summed E-state index contributed by atoms with van der Waals surface area (Å²) in [6.45, 7) is 5.75. The molecule has 0 spiro atoms. The van der Waals surface area contributed by atoms with E-state index in [-0.39, 0.29) is 30.2 Å². The average molecular weight is 382 g/mol. The Labute approximate surface area is 158 Å². The summed E-state index contributed by atoms with van der Waals surface area (Å²) in [7, 11) is 4.27. The SMILES string of the molecule is COC(=O)c1ccc(OC(=O)N(C)CCN(C)C(=O)OC(C)(C)C)cc1O. The van der Waals surface area contributed by atoms with Crippen molar-refractivity contribution in [3.63, 3.8) is 0 Å². The number of phenolic OH excluding ortho intramolecular Hbond substituents is 1. The molecule has 0 saturated heterocycles. The molecule has 0 fully saturated rings. The molecule has 150 valence electrons. The number of carbonyl (C=O) groups excluding carboxylic acids is 3. The van der Waals surface area contributed by atoms with Crippen LogP contribution in [0.15, 0.2) is 18.2 Å². The van der Waals surface area contributed by atoms with Crippen LogP contribution in [0.25, 0.3) is 0 Å². The second kappa shape index (κ2) is 9.11. The van der Waals surface area contributed by atoms with E-state index in [1.54, 1.807) is 27.8 Å². The molecule has 0 heterocycles. The lowest BCUT2D eigenvalue weighted by molar-refractivity contribution is 0.0287. The molecule has 0 unspecified atom stereocenters. The molecule has 1 aromatic rings. The predicted octanol–water partition coefficient (Wildman–Crippen LogP) is 2.48. The van der Waals surface area contributed by atoms with Crippen LogP contribution in [0.3, 0.4) is 0 Å². The second-order valence-electron chi connectivity index (χ2n) is 6.86. The van der Waals surface area contributed by atoms with Crippen molar-refractivity contribution in [1.82, 2.24) is 9.80 Å². The van der Waals surface area contributed by atoms with Gasteiger partial charge in [0.1, 0.15) is 22.7 Å². The Morgan fingerprint density at radius 2 is 1.59 bits per heavy atom. The highest BCUT2D eigenvalue weighted by Gasteiger charge is 2.21. The number of amides is 2. The van der Waals surface area contributed by atoms with Gasteiger partial charge < -0.3 is 29.1 Å². The average Bonchev–Trinajstić information content (AvgIpc) is 2.57. The van der Waals surface area contributed by atoms with E-state index >= 15 is 0 Å². The largest absolute Gasteiger partial charge is 0.507 e. The van der Waals surface area contributed by atoms with Crippen LogP contribution < -0.4 is 4.74 Å². The molecule has 0 aromatic heterocycles. The Balaban J connectivity index is 2.58. The molecule has 2 amide bonds. The number of likely N-dealkylation sites (N-methyl/N-ethyl adjacent to an activating group) is 2. The summed E-state index contributed by atoms with van der Waals surface area (Å²) in [6, 6.07) is 3.80. The third kappa shape index (κ3) is 7.04. The van der Waals surface area contributed by atoms with Gasteiger partial charge in [-0.05, 0) is 32.9 Å². The van der Waals surface area contributed by atoms with Crippen molar-refractivity contribution in [2.24, 2.45) is 0 Å². The first kappa shape index (κ1) is 22.1. The minimum Gasteiger partial charge on any atom is -0.507 e. The summed E-state index contributed by atoms with van der Waals surface area (Å²) < 4.78 is 14.9. The topological polar surface area (TPSA) is 106 Å². The summed E-state index contributed by atoms with van der Waals surface area (Å²) in [5, 5.41) is 9.81. The first-order chi connectivity index (χ1) is 12.4. The number of phenols is 1. The Kier molecular flexibility index (Phi) is 7.45. The highest BCUT2D eigenvalue weighted by molar-refractivity contribution is 5.92. The predicted molar refractivity (Wildman–Crippen MR) is 97.0 cm³/mol. The molecule has 1 N–H and O–H groups in total. The zero-order chi connectivity index (χ0) is 20.8. The van der Waals surface area contributed by atoms with E-state index in [1.807, 2.05) is 0 Å². The number of nitrogens with zero attached hydrogens (tertiary/aromatic N) is 2. The van der Waals surface area contributed by atoms with Crippen LogP contribution in [0.2, 0.25) is 0 Å². The van der Waals surface area contributed by atoms with Crippen LogP contribution in [0.5, 0.6) is 11.5 Å². The fraction of sp³-hybridized carbons (Fsp3) is 0.500. The molecule has 27 heavy (non-hydrogen) atoms. The smallest absolute Gasteiger partial charge is 0.415 e. The molecule has 0 aliphatic heterocycles. The van der Waals surface area contributed by atoms with E-state index in [0.29, 0.717) is 0 Å². The third-order valence-electron chi connectivity index (χ3n) is 3.37. The quantitative estimate of drug-likeness (QED) is 0.780. The van der Waals surface area contributed by atoms with Crippen molar-refractivity contribution in [3.8, 4) is 11.5 Å². The van der Waals surface area contributed by atoms with Crippen LogP contribution in [0.1, 0.15) is 31.1 Å². The molecule has 1 rings (SSSR count). The molecular formula is C18H26N2O7. The van der Waals surface area contributed by atoms with E-state index in [4.69, 9.17) is 9.47 Å². The molecule has 0 aliphatic rings. The highest BCUT2D eigenvalue weighted by atomic mass is 16.6. The second-order valence-corrected chi connectivity index (χ2v) is 6.86.